The van der Waals surface area contributed by atoms with Crippen LogP contribution in [-0.4, -0.2) is 21.5 Å². The molecule has 0 atom stereocenters. The van der Waals surface area contributed by atoms with Crippen molar-refractivity contribution >= 4 is 43.4 Å². The van der Waals surface area contributed by atoms with Gasteiger partial charge >= 0.3 is 5.97 Å². The molecular weight excluding hydrogens is 409 g/mol. The first kappa shape index (κ1) is 19.9. The zero-order chi connectivity index (χ0) is 21.6. The number of carbonyl (C=O) groups excluding carboxylic acids is 1. The lowest BCUT2D eigenvalue weighted by atomic mass is 10.0. The van der Waals surface area contributed by atoms with E-state index in [1.807, 2.05) is 0 Å². The number of rotatable bonds is 4. The first-order valence-electron chi connectivity index (χ1n) is 9.05. The number of ether oxygens (including phenoxy) is 1. The molecule has 4 rings (SSSR count). The van der Waals surface area contributed by atoms with Gasteiger partial charge in [-0.3, -0.25) is 4.72 Å². The number of anilines is 1. The van der Waals surface area contributed by atoms with E-state index >= 15 is 0 Å². The zero-order valence-electron chi connectivity index (χ0n) is 16.4. The highest BCUT2D eigenvalue weighted by atomic mass is 32.2. The van der Waals surface area contributed by atoms with Gasteiger partial charge in [0, 0.05) is 16.2 Å². The Bertz CT molecular complexity index is 1420. The van der Waals surface area contributed by atoms with E-state index in [4.69, 9.17) is 9.15 Å². The van der Waals surface area contributed by atoms with Crippen LogP contribution in [-0.2, 0) is 14.8 Å². The van der Waals surface area contributed by atoms with Crippen LogP contribution >= 0.6 is 0 Å². The van der Waals surface area contributed by atoms with Gasteiger partial charge in [0.1, 0.15) is 22.7 Å². The summed E-state index contributed by atoms with van der Waals surface area (Å²) in [6.45, 7) is 3.17. The van der Waals surface area contributed by atoms with Crippen LogP contribution in [0.15, 0.2) is 57.8 Å². The summed E-state index contributed by atoms with van der Waals surface area (Å²) in [6.07, 6.45) is 0. The number of aryl methyl sites for hydroxylation is 2. The maximum atomic E-state index is 13.4. The maximum absolute atomic E-state index is 13.4. The minimum absolute atomic E-state index is 0.0374. The van der Waals surface area contributed by atoms with Crippen LogP contribution in [0.25, 0.3) is 21.7 Å². The lowest BCUT2D eigenvalue weighted by molar-refractivity contribution is 0.0600. The summed E-state index contributed by atoms with van der Waals surface area (Å²) in [6, 6.07) is 12.1. The highest BCUT2D eigenvalue weighted by Crippen LogP contribution is 2.37. The molecule has 0 unspecified atom stereocenters. The number of benzene rings is 3. The lowest BCUT2D eigenvalue weighted by Crippen LogP contribution is -2.14. The van der Waals surface area contributed by atoms with E-state index in [-0.39, 0.29) is 21.7 Å². The number of hydrogen-bond acceptors (Lipinski definition) is 5. The standard InChI is InChI=1S/C22H18FNO5S/c1-12-10-14(23)8-9-19(12)30(26,27)24-18-11-17-20(22(25)28-3)13(2)29-21(17)16-7-5-4-6-15(16)18/h4-11,24H,1-3H3. The Labute approximate surface area is 172 Å². The molecule has 0 aliphatic carbocycles. The lowest BCUT2D eigenvalue weighted by Gasteiger charge is -2.13. The van der Waals surface area contributed by atoms with Gasteiger partial charge in [-0.05, 0) is 43.7 Å². The van der Waals surface area contributed by atoms with Crippen molar-refractivity contribution < 1.29 is 26.8 Å². The smallest absolute Gasteiger partial charge is 0.342 e. The first-order chi connectivity index (χ1) is 14.2. The summed E-state index contributed by atoms with van der Waals surface area (Å²) < 4.78 is 52.8. The Kier molecular flexibility index (Phi) is 4.74. The molecule has 0 fully saturated rings. The normalized spacial score (nSPS) is 11.7. The second kappa shape index (κ2) is 7.14. The molecule has 0 saturated carbocycles. The predicted octanol–water partition coefficient (Wildman–Crippen LogP) is 4.93. The van der Waals surface area contributed by atoms with Crippen LogP contribution in [0.5, 0.6) is 0 Å². The maximum Gasteiger partial charge on any atom is 0.342 e. The van der Waals surface area contributed by atoms with Crippen molar-refractivity contribution in [2.75, 3.05) is 11.8 Å². The monoisotopic (exact) mass is 427 g/mol. The van der Waals surface area contributed by atoms with Crippen molar-refractivity contribution in [2.45, 2.75) is 18.7 Å². The fraction of sp³-hybridized carbons (Fsp3) is 0.136. The van der Waals surface area contributed by atoms with E-state index in [1.54, 1.807) is 37.3 Å². The molecule has 30 heavy (non-hydrogen) atoms. The molecule has 6 nitrogen and oxygen atoms in total. The average molecular weight is 427 g/mol. The Hall–Kier alpha value is -3.39. The van der Waals surface area contributed by atoms with Gasteiger partial charge in [0.2, 0.25) is 0 Å². The molecule has 0 aliphatic rings. The average Bonchev–Trinajstić information content (AvgIpc) is 3.03. The second-order valence-electron chi connectivity index (χ2n) is 6.89. The number of esters is 1. The van der Waals surface area contributed by atoms with Gasteiger partial charge in [0.25, 0.3) is 10.0 Å². The van der Waals surface area contributed by atoms with Crippen LogP contribution in [0.2, 0.25) is 0 Å². The van der Waals surface area contributed by atoms with Crippen molar-refractivity contribution in [3.05, 3.63) is 71.2 Å². The summed E-state index contributed by atoms with van der Waals surface area (Å²) in [5, 5.41) is 1.67. The van der Waals surface area contributed by atoms with Crippen LogP contribution in [0, 0.1) is 19.7 Å². The number of methoxy groups -OCH3 is 1. The van der Waals surface area contributed by atoms with Crippen LogP contribution < -0.4 is 4.72 Å². The molecule has 1 heterocycles. The fourth-order valence-corrected chi connectivity index (χ4v) is 4.89. The van der Waals surface area contributed by atoms with Crippen molar-refractivity contribution in [2.24, 2.45) is 0 Å². The molecular formula is C22H18FNO5S. The molecule has 1 aromatic heterocycles. The largest absolute Gasteiger partial charge is 0.465 e. The van der Waals surface area contributed by atoms with Crippen molar-refractivity contribution in [3.8, 4) is 0 Å². The number of sulfonamides is 1. The Morgan fingerprint density at radius 1 is 1.03 bits per heavy atom. The van der Waals surface area contributed by atoms with Crippen LogP contribution in [0.4, 0.5) is 10.1 Å². The van der Waals surface area contributed by atoms with E-state index < -0.39 is 21.8 Å². The molecule has 3 aromatic carbocycles. The molecule has 0 saturated heterocycles. The third-order valence-corrected chi connectivity index (χ3v) is 6.46. The molecule has 0 amide bonds. The fourth-order valence-electron chi connectivity index (χ4n) is 3.59. The highest BCUT2D eigenvalue weighted by molar-refractivity contribution is 7.92. The number of fused-ring (bicyclic) bond motifs is 3. The summed E-state index contributed by atoms with van der Waals surface area (Å²) in [5.74, 6) is -0.726. The van der Waals surface area contributed by atoms with E-state index in [0.29, 0.717) is 27.5 Å². The topological polar surface area (TPSA) is 85.6 Å². The SMILES string of the molecule is COC(=O)c1c(C)oc2c1cc(NS(=O)(=O)c1ccc(F)cc1C)c1ccccc12. The number of furan rings is 1. The van der Waals surface area contributed by atoms with Gasteiger partial charge in [-0.1, -0.05) is 24.3 Å². The second-order valence-corrected chi connectivity index (χ2v) is 8.54. The van der Waals surface area contributed by atoms with E-state index in [9.17, 15) is 17.6 Å². The van der Waals surface area contributed by atoms with Gasteiger partial charge in [-0.2, -0.15) is 0 Å². The summed E-state index contributed by atoms with van der Waals surface area (Å²) in [5.41, 5.74) is 1.25. The number of halogens is 1. The number of nitrogens with one attached hydrogen (secondary N) is 1. The minimum Gasteiger partial charge on any atom is -0.465 e. The van der Waals surface area contributed by atoms with Gasteiger partial charge < -0.3 is 9.15 Å². The van der Waals surface area contributed by atoms with E-state index in [2.05, 4.69) is 4.72 Å². The molecule has 0 aliphatic heterocycles. The van der Waals surface area contributed by atoms with Gasteiger partial charge in [0.15, 0.2) is 0 Å². The molecule has 0 spiro atoms. The van der Waals surface area contributed by atoms with Crippen LogP contribution in [0.3, 0.4) is 0 Å². The molecule has 8 heteroatoms. The Morgan fingerprint density at radius 3 is 2.40 bits per heavy atom. The number of carbonyl (C=O) groups is 1. The van der Waals surface area contributed by atoms with Crippen molar-refractivity contribution in [1.29, 1.82) is 0 Å². The first-order valence-corrected chi connectivity index (χ1v) is 10.5. The third-order valence-electron chi connectivity index (χ3n) is 4.93. The quantitative estimate of drug-likeness (QED) is 0.467. The molecule has 154 valence electrons. The Balaban J connectivity index is 1.96. The molecule has 4 aromatic rings. The van der Waals surface area contributed by atoms with Crippen molar-refractivity contribution in [3.63, 3.8) is 0 Å². The van der Waals surface area contributed by atoms with Gasteiger partial charge in [0.05, 0.1) is 17.7 Å². The minimum atomic E-state index is -4.02. The summed E-state index contributed by atoms with van der Waals surface area (Å²) >= 11 is 0. The predicted molar refractivity (Wildman–Crippen MR) is 112 cm³/mol. The van der Waals surface area contributed by atoms with Gasteiger partial charge in [-0.25, -0.2) is 17.6 Å². The zero-order valence-corrected chi connectivity index (χ0v) is 17.3. The molecule has 0 radical (unpaired) electrons. The van der Waals surface area contributed by atoms with Gasteiger partial charge in [-0.15, -0.1) is 0 Å². The van der Waals surface area contributed by atoms with E-state index in [1.165, 1.54) is 20.1 Å². The van der Waals surface area contributed by atoms with E-state index in [0.717, 1.165) is 12.1 Å². The summed E-state index contributed by atoms with van der Waals surface area (Å²) in [7, 11) is -2.75. The van der Waals surface area contributed by atoms with Crippen LogP contribution in [0.1, 0.15) is 21.7 Å². The summed E-state index contributed by atoms with van der Waals surface area (Å²) in [4.78, 5) is 12.2. The molecule has 1 N–H and O–H groups in total. The highest BCUT2D eigenvalue weighted by Gasteiger charge is 2.24. The molecule has 0 bridgehead atoms. The number of hydrogen-bond donors (Lipinski definition) is 1. The Morgan fingerprint density at radius 2 is 1.73 bits per heavy atom. The third kappa shape index (κ3) is 3.19. The van der Waals surface area contributed by atoms with Crippen molar-refractivity contribution in [1.82, 2.24) is 0 Å².